The van der Waals surface area contributed by atoms with Crippen LogP contribution in [0.2, 0.25) is 5.02 Å². The number of piperidine rings is 1. The lowest BCUT2D eigenvalue weighted by molar-refractivity contribution is 0.316. The van der Waals surface area contributed by atoms with Gasteiger partial charge in [0.25, 0.3) is 0 Å². The van der Waals surface area contributed by atoms with Crippen molar-refractivity contribution in [2.45, 2.75) is 23.8 Å². The van der Waals surface area contributed by atoms with Gasteiger partial charge in [-0.25, -0.2) is 8.42 Å². The molecule has 2 rings (SSSR count). The van der Waals surface area contributed by atoms with Crippen molar-refractivity contribution in [2.24, 2.45) is 5.73 Å². The van der Waals surface area contributed by atoms with Crippen LogP contribution in [0.3, 0.4) is 0 Å². The van der Waals surface area contributed by atoms with E-state index in [9.17, 15) is 8.42 Å². The first-order chi connectivity index (χ1) is 8.00. The van der Waals surface area contributed by atoms with Gasteiger partial charge in [0.2, 0.25) is 10.0 Å². The number of halogens is 1. The lowest BCUT2D eigenvalue weighted by Gasteiger charge is -2.29. The van der Waals surface area contributed by atoms with Gasteiger partial charge >= 0.3 is 0 Å². The van der Waals surface area contributed by atoms with Gasteiger partial charge in [0.1, 0.15) is 0 Å². The average molecular weight is 275 g/mol. The maximum absolute atomic E-state index is 12.3. The van der Waals surface area contributed by atoms with Crippen LogP contribution in [0.5, 0.6) is 0 Å². The Kier molecular flexibility index (Phi) is 3.73. The molecule has 0 spiro atoms. The molecule has 1 saturated heterocycles. The molecule has 1 unspecified atom stereocenters. The molecule has 4 nitrogen and oxygen atoms in total. The van der Waals surface area contributed by atoms with Gasteiger partial charge < -0.3 is 5.73 Å². The molecule has 0 saturated carbocycles. The van der Waals surface area contributed by atoms with E-state index in [1.54, 1.807) is 12.1 Å². The largest absolute Gasteiger partial charge is 0.327 e. The van der Waals surface area contributed by atoms with Crippen LogP contribution in [-0.4, -0.2) is 31.9 Å². The fraction of sp³-hybridized carbons (Fsp3) is 0.455. The third kappa shape index (κ3) is 2.80. The van der Waals surface area contributed by atoms with Gasteiger partial charge in [0, 0.05) is 24.2 Å². The van der Waals surface area contributed by atoms with E-state index >= 15 is 0 Å². The summed E-state index contributed by atoms with van der Waals surface area (Å²) in [5.41, 5.74) is 5.80. The summed E-state index contributed by atoms with van der Waals surface area (Å²) in [4.78, 5) is 0.274. The molecular weight excluding hydrogens is 260 g/mol. The van der Waals surface area contributed by atoms with Crippen molar-refractivity contribution in [3.8, 4) is 0 Å². The molecule has 1 heterocycles. The Morgan fingerprint density at radius 3 is 2.53 bits per heavy atom. The number of sulfonamides is 1. The van der Waals surface area contributed by atoms with Crippen LogP contribution in [0.15, 0.2) is 29.2 Å². The molecule has 1 aliphatic rings. The number of hydrogen-bond acceptors (Lipinski definition) is 3. The Morgan fingerprint density at radius 1 is 1.29 bits per heavy atom. The monoisotopic (exact) mass is 274 g/mol. The molecule has 1 aliphatic heterocycles. The van der Waals surface area contributed by atoms with E-state index in [0.717, 1.165) is 12.8 Å². The van der Waals surface area contributed by atoms with Crippen LogP contribution in [0.25, 0.3) is 0 Å². The highest BCUT2D eigenvalue weighted by Crippen LogP contribution is 2.21. The summed E-state index contributed by atoms with van der Waals surface area (Å²) in [6.45, 7) is 0.934. The molecule has 0 aromatic heterocycles. The maximum atomic E-state index is 12.3. The molecule has 0 radical (unpaired) electrons. The van der Waals surface area contributed by atoms with E-state index in [4.69, 9.17) is 17.3 Å². The van der Waals surface area contributed by atoms with E-state index in [1.807, 2.05) is 0 Å². The van der Waals surface area contributed by atoms with Crippen LogP contribution >= 0.6 is 11.6 Å². The Hall–Kier alpha value is -0.620. The minimum absolute atomic E-state index is 0.0641. The van der Waals surface area contributed by atoms with Gasteiger partial charge in [-0.2, -0.15) is 4.31 Å². The lowest BCUT2D eigenvalue weighted by atomic mass is 10.1. The summed E-state index contributed by atoms with van der Waals surface area (Å²) in [5, 5.41) is 0.527. The highest BCUT2D eigenvalue weighted by Gasteiger charge is 2.28. The van der Waals surface area contributed by atoms with E-state index in [1.165, 1.54) is 16.4 Å². The van der Waals surface area contributed by atoms with Crippen molar-refractivity contribution in [1.82, 2.24) is 4.31 Å². The number of nitrogens with two attached hydrogens (primary N) is 1. The maximum Gasteiger partial charge on any atom is 0.243 e. The van der Waals surface area contributed by atoms with Crippen LogP contribution in [0.4, 0.5) is 0 Å². The van der Waals surface area contributed by atoms with Crippen molar-refractivity contribution in [3.63, 3.8) is 0 Å². The predicted octanol–water partition coefficient (Wildman–Crippen LogP) is 1.45. The highest BCUT2D eigenvalue weighted by atomic mass is 35.5. The van der Waals surface area contributed by atoms with Gasteiger partial charge in [0.05, 0.1) is 4.90 Å². The second kappa shape index (κ2) is 4.94. The van der Waals surface area contributed by atoms with Gasteiger partial charge in [-0.3, -0.25) is 0 Å². The molecular formula is C11H15ClN2O2S. The summed E-state index contributed by atoms with van der Waals surface area (Å²) in [6, 6.07) is 6.15. The Morgan fingerprint density at radius 2 is 1.94 bits per heavy atom. The Bertz CT molecular complexity index is 487. The predicted molar refractivity (Wildman–Crippen MR) is 67.4 cm³/mol. The molecule has 1 atom stereocenters. The molecule has 2 N–H and O–H groups in total. The first-order valence-electron chi connectivity index (χ1n) is 5.51. The quantitative estimate of drug-likeness (QED) is 0.888. The molecule has 0 bridgehead atoms. The smallest absolute Gasteiger partial charge is 0.243 e. The molecule has 1 fully saturated rings. The van der Waals surface area contributed by atoms with Crippen LogP contribution in [-0.2, 0) is 10.0 Å². The van der Waals surface area contributed by atoms with Crippen molar-refractivity contribution < 1.29 is 8.42 Å². The van der Waals surface area contributed by atoms with Crippen LogP contribution < -0.4 is 5.73 Å². The van der Waals surface area contributed by atoms with E-state index in [2.05, 4.69) is 0 Å². The molecule has 1 aromatic carbocycles. The normalized spacial score (nSPS) is 22.6. The zero-order valence-corrected chi connectivity index (χ0v) is 10.9. The summed E-state index contributed by atoms with van der Waals surface area (Å²) in [7, 11) is -3.42. The molecule has 17 heavy (non-hydrogen) atoms. The molecule has 0 amide bonds. The van der Waals surface area contributed by atoms with E-state index in [0.29, 0.717) is 18.1 Å². The number of rotatable bonds is 2. The summed E-state index contributed by atoms with van der Waals surface area (Å²) >= 11 is 5.74. The third-order valence-electron chi connectivity index (χ3n) is 2.87. The van der Waals surface area contributed by atoms with Crippen LogP contribution in [0, 0.1) is 0 Å². The SMILES string of the molecule is NC1CCCN(S(=O)(=O)c2ccc(Cl)cc2)C1. The standard InChI is InChI=1S/C11H15ClN2O2S/c12-9-3-5-11(6-4-9)17(15,16)14-7-1-2-10(13)8-14/h3-6,10H,1-2,7-8,13H2. The van der Waals surface area contributed by atoms with Crippen molar-refractivity contribution >= 4 is 21.6 Å². The Balaban J connectivity index is 2.26. The van der Waals surface area contributed by atoms with Crippen LogP contribution in [0.1, 0.15) is 12.8 Å². The zero-order valence-electron chi connectivity index (χ0n) is 9.34. The van der Waals surface area contributed by atoms with Gasteiger partial charge in [-0.05, 0) is 37.1 Å². The first kappa shape index (κ1) is 12.8. The zero-order chi connectivity index (χ0) is 12.5. The minimum atomic E-state index is -3.42. The minimum Gasteiger partial charge on any atom is -0.327 e. The molecule has 94 valence electrons. The summed E-state index contributed by atoms with van der Waals surface area (Å²) < 4.78 is 26.0. The highest BCUT2D eigenvalue weighted by molar-refractivity contribution is 7.89. The average Bonchev–Trinajstić information content (AvgIpc) is 2.29. The van der Waals surface area contributed by atoms with E-state index < -0.39 is 10.0 Å². The topological polar surface area (TPSA) is 63.4 Å². The van der Waals surface area contributed by atoms with Crippen molar-refractivity contribution in [1.29, 1.82) is 0 Å². The fourth-order valence-corrected chi connectivity index (χ4v) is 3.61. The first-order valence-corrected chi connectivity index (χ1v) is 7.33. The second-order valence-electron chi connectivity index (χ2n) is 4.22. The van der Waals surface area contributed by atoms with E-state index in [-0.39, 0.29) is 10.9 Å². The number of nitrogens with zero attached hydrogens (tertiary/aromatic N) is 1. The molecule has 6 heteroatoms. The molecule has 1 aromatic rings. The summed E-state index contributed by atoms with van der Waals surface area (Å²) in [6.07, 6.45) is 1.70. The third-order valence-corrected chi connectivity index (χ3v) is 5.00. The number of benzene rings is 1. The second-order valence-corrected chi connectivity index (χ2v) is 6.59. The van der Waals surface area contributed by atoms with Gasteiger partial charge in [0.15, 0.2) is 0 Å². The van der Waals surface area contributed by atoms with Crippen molar-refractivity contribution in [3.05, 3.63) is 29.3 Å². The summed E-state index contributed by atoms with van der Waals surface area (Å²) in [5.74, 6) is 0. The fourth-order valence-electron chi connectivity index (χ4n) is 1.95. The number of hydrogen-bond donors (Lipinski definition) is 1. The molecule has 0 aliphatic carbocycles. The Labute approximate surface area is 106 Å². The lowest BCUT2D eigenvalue weighted by Crippen LogP contribution is -2.45. The van der Waals surface area contributed by atoms with Gasteiger partial charge in [-0.1, -0.05) is 11.6 Å². The van der Waals surface area contributed by atoms with Gasteiger partial charge in [-0.15, -0.1) is 0 Å². The van der Waals surface area contributed by atoms with Crippen molar-refractivity contribution in [2.75, 3.05) is 13.1 Å².